The van der Waals surface area contributed by atoms with E-state index in [1.54, 1.807) is 18.8 Å². The SMILES string of the molecule is [2H]C([2H])([2H])N(C)C(C)CN1c2ccccc2Sc2ccccc21. The molecule has 2 aromatic carbocycles. The van der Waals surface area contributed by atoms with Crippen LogP contribution < -0.4 is 4.90 Å². The third-order valence-electron chi connectivity index (χ3n) is 3.64. The van der Waals surface area contributed by atoms with Gasteiger partial charge in [0.2, 0.25) is 0 Å². The zero-order valence-electron chi connectivity index (χ0n) is 14.7. The van der Waals surface area contributed by atoms with Gasteiger partial charge in [-0.3, -0.25) is 0 Å². The van der Waals surface area contributed by atoms with E-state index >= 15 is 0 Å². The van der Waals surface area contributed by atoms with Crippen LogP contribution >= 0.6 is 11.8 Å². The Bertz CT molecular complexity index is 657. The smallest absolute Gasteiger partial charge is 0.0553 e. The highest BCUT2D eigenvalue weighted by Crippen LogP contribution is 2.47. The molecule has 0 N–H and O–H groups in total. The number of nitrogens with zero attached hydrogens (tertiary/aromatic N) is 2. The molecule has 3 rings (SSSR count). The van der Waals surface area contributed by atoms with Gasteiger partial charge in [-0.15, -0.1) is 0 Å². The molecular formula is C17H20N2S. The third kappa shape index (κ3) is 2.43. The molecule has 1 aliphatic rings. The lowest BCUT2D eigenvalue weighted by Gasteiger charge is -2.36. The van der Waals surface area contributed by atoms with Crippen molar-refractivity contribution < 1.29 is 4.11 Å². The first kappa shape index (κ1) is 10.3. The Balaban J connectivity index is 1.95. The topological polar surface area (TPSA) is 6.48 Å². The van der Waals surface area contributed by atoms with E-state index in [1.807, 2.05) is 31.2 Å². The quantitative estimate of drug-likeness (QED) is 0.833. The van der Waals surface area contributed by atoms with Crippen molar-refractivity contribution in [3.8, 4) is 0 Å². The molecule has 0 bridgehead atoms. The second-order valence-corrected chi connectivity index (χ2v) is 6.19. The lowest BCUT2D eigenvalue weighted by atomic mass is 10.2. The van der Waals surface area contributed by atoms with Gasteiger partial charge in [0.1, 0.15) is 0 Å². The fourth-order valence-electron chi connectivity index (χ4n) is 2.36. The molecule has 1 aliphatic heterocycles. The Morgan fingerprint density at radius 1 is 1.10 bits per heavy atom. The van der Waals surface area contributed by atoms with Crippen LogP contribution in [0.3, 0.4) is 0 Å². The van der Waals surface area contributed by atoms with Crippen molar-refractivity contribution in [2.75, 3.05) is 25.5 Å². The zero-order valence-corrected chi connectivity index (χ0v) is 12.5. The zero-order chi connectivity index (χ0) is 16.6. The van der Waals surface area contributed by atoms with Crippen LogP contribution in [0.5, 0.6) is 0 Å². The Hall–Kier alpha value is -1.45. The van der Waals surface area contributed by atoms with Crippen LogP contribution in [0.4, 0.5) is 11.4 Å². The first-order valence-electron chi connectivity index (χ1n) is 8.24. The van der Waals surface area contributed by atoms with Crippen molar-refractivity contribution in [3.63, 3.8) is 0 Å². The van der Waals surface area contributed by atoms with Gasteiger partial charge in [-0.2, -0.15) is 0 Å². The highest BCUT2D eigenvalue weighted by molar-refractivity contribution is 7.99. The standard InChI is InChI=1S/C17H20N2S/c1-13(18(2)3)12-19-14-8-4-6-10-16(14)20-17-11-7-5-9-15(17)19/h4-11,13H,12H2,1-3H3/i2D3. The third-order valence-corrected chi connectivity index (χ3v) is 4.77. The minimum Gasteiger partial charge on any atom is -0.338 e. The van der Waals surface area contributed by atoms with Gasteiger partial charge in [-0.25, -0.2) is 0 Å². The Morgan fingerprint density at radius 2 is 1.65 bits per heavy atom. The number of benzene rings is 2. The summed E-state index contributed by atoms with van der Waals surface area (Å²) in [6.45, 7) is 0.506. The fraction of sp³-hybridized carbons (Fsp3) is 0.294. The molecule has 1 heterocycles. The largest absolute Gasteiger partial charge is 0.338 e. The van der Waals surface area contributed by atoms with E-state index in [0.717, 1.165) is 11.4 Å². The van der Waals surface area contributed by atoms with Gasteiger partial charge in [0, 0.05) is 26.5 Å². The van der Waals surface area contributed by atoms with E-state index in [1.165, 1.54) is 14.7 Å². The normalized spacial score (nSPS) is 17.8. The second kappa shape index (κ2) is 5.51. The molecule has 0 aliphatic carbocycles. The summed E-state index contributed by atoms with van der Waals surface area (Å²) in [5.41, 5.74) is 2.28. The minimum atomic E-state index is -2.08. The molecule has 2 nitrogen and oxygen atoms in total. The summed E-state index contributed by atoms with van der Waals surface area (Å²) >= 11 is 1.76. The van der Waals surface area contributed by atoms with Crippen LogP contribution in [0, 0.1) is 0 Å². The van der Waals surface area contributed by atoms with Gasteiger partial charge >= 0.3 is 0 Å². The second-order valence-electron chi connectivity index (χ2n) is 5.11. The predicted octanol–water partition coefficient (Wildman–Crippen LogP) is 4.24. The van der Waals surface area contributed by atoms with Crippen molar-refractivity contribution in [1.82, 2.24) is 4.90 Å². The van der Waals surface area contributed by atoms with Gasteiger partial charge in [-0.1, -0.05) is 36.0 Å². The highest BCUT2D eigenvalue weighted by Gasteiger charge is 2.24. The molecule has 1 atom stereocenters. The maximum atomic E-state index is 7.61. The Morgan fingerprint density at radius 3 is 2.20 bits per heavy atom. The van der Waals surface area contributed by atoms with Crippen molar-refractivity contribution in [2.24, 2.45) is 0 Å². The van der Waals surface area contributed by atoms with Crippen LogP contribution in [0.15, 0.2) is 58.3 Å². The summed E-state index contributed by atoms with van der Waals surface area (Å²) in [5.74, 6) is 0. The number of hydrogen-bond acceptors (Lipinski definition) is 3. The molecule has 3 heteroatoms. The van der Waals surface area contributed by atoms with Crippen LogP contribution in [-0.2, 0) is 0 Å². The minimum absolute atomic E-state index is 0.105. The van der Waals surface area contributed by atoms with E-state index in [0.29, 0.717) is 6.54 Å². The van der Waals surface area contributed by atoms with Crippen molar-refractivity contribution in [1.29, 1.82) is 0 Å². The van der Waals surface area contributed by atoms with Crippen LogP contribution in [0.2, 0.25) is 0 Å². The maximum absolute atomic E-state index is 7.61. The first-order chi connectivity index (χ1) is 10.9. The average molecular weight is 287 g/mol. The summed E-state index contributed by atoms with van der Waals surface area (Å²) in [5, 5.41) is 0. The lowest BCUT2D eigenvalue weighted by Crippen LogP contribution is -2.37. The number of fused-ring (bicyclic) bond motifs is 2. The van der Waals surface area contributed by atoms with E-state index < -0.39 is 6.98 Å². The molecule has 0 saturated carbocycles. The van der Waals surface area contributed by atoms with Crippen molar-refractivity contribution in [3.05, 3.63) is 48.5 Å². The average Bonchev–Trinajstić information content (AvgIpc) is 2.53. The van der Waals surface area contributed by atoms with Crippen molar-refractivity contribution >= 4 is 23.1 Å². The summed E-state index contributed by atoms with van der Waals surface area (Å²) < 4.78 is 22.8. The first-order valence-corrected chi connectivity index (χ1v) is 7.56. The number of anilines is 2. The molecule has 2 aromatic rings. The molecule has 0 radical (unpaired) electrons. The van der Waals surface area contributed by atoms with E-state index in [-0.39, 0.29) is 6.04 Å². The van der Waals surface area contributed by atoms with Gasteiger partial charge in [0.05, 0.1) is 11.4 Å². The molecule has 0 spiro atoms. The van der Waals surface area contributed by atoms with Crippen LogP contribution in [-0.4, -0.2) is 31.5 Å². The molecule has 0 aromatic heterocycles. The molecule has 104 valence electrons. The monoisotopic (exact) mass is 287 g/mol. The predicted molar refractivity (Wildman–Crippen MR) is 87.2 cm³/mol. The molecule has 0 saturated heterocycles. The summed E-state index contributed by atoms with van der Waals surface area (Å²) in [7, 11) is 1.66. The molecule has 0 amide bonds. The number of para-hydroxylation sites is 2. The Labute approximate surface area is 129 Å². The lowest BCUT2D eigenvalue weighted by molar-refractivity contribution is 0.319. The molecule has 20 heavy (non-hydrogen) atoms. The van der Waals surface area contributed by atoms with Gasteiger partial charge in [0.15, 0.2) is 0 Å². The molecular weight excluding hydrogens is 264 g/mol. The van der Waals surface area contributed by atoms with Gasteiger partial charge in [-0.05, 0) is 45.2 Å². The van der Waals surface area contributed by atoms with E-state index in [9.17, 15) is 0 Å². The van der Waals surface area contributed by atoms with Gasteiger partial charge in [0.25, 0.3) is 0 Å². The van der Waals surface area contributed by atoms with E-state index in [2.05, 4.69) is 29.2 Å². The molecule has 1 unspecified atom stereocenters. The summed E-state index contributed by atoms with van der Waals surface area (Å²) in [6, 6.07) is 16.4. The van der Waals surface area contributed by atoms with Crippen LogP contribution in [0.25, 0.3) is 0 Å². The number of likely N-dealkylation sites (N-methyl/N-ethyl adjacent to an activating group) is 1. The number of hydrogen-bond donors (Lipinski definition) is 0. The van der Waals surface area contributed by atoms with Crippen molar-refractivity contribution in [2.45, 2.75) is 22.8 Å². The maximum Gasteiger partial charge on any atom is 0.0553 e. The number of rotatable bonds is 3. The van der Waals surface area contributed by atoms with Gasteiger partial charge < -0.3 is 9.80 Å². The van der Waals surface area contributed by atoms with E-state index in [4.69, 9.17) is 4.11 Å². The fourth-order valence-corrected chi connectivity index (χ4v) is 3.46. The Kier molecular flexibility index (Phi) is 2.84. The highest BCUT2D eigenvalue weighted by atomic mass is 32.2. The summed E-state index contributed by atoms with van der Waals surface area (Å²) in [6.07, 6.45) is 0. The van der Waals surface area contributed by atoms with Crippen LogP contribution in [0.1, 0.15) is 11.0 Å². The molecule has 0 fully saturated rings. The summed E-state index contributed by atoms with van der Waals surface area (Å²) in [4.78, 5) is 6.10.